The molecule has 2 aromatic rings. The monoisotopic (exact) mass is 397 g/mol. The molecule has 1 unspecified atom stereocenters. The summed E-state index contributed by atoms with van der Waals surface area (Å²) in [7, 11) is 1.61. The highest BCUT2D eigenvalue weighted by Gasteiger charge is 2.21. The van der Waals surface area contributed by atoms with E-state index >= 15 is 0 Å². The second-order valence-corrected chi connectivity index (χ2v) is 7.50. The Morgan fingerprint density at radius 1 is 1.17 bits per heavy atom. The van der Waals surface area contributed by atoms with Gasteiger partial charge in [0.15, 0.2) is 0 Å². The summed E-state index contributed by atoms with van der Waals surface area (Å²) in [6.07, 6.45) is 6.11. The summed E-state index contributed by atoms with van der Waals surface area (Å²) < 4.78 is 5.17. The highest BCUT2D eigenvalue weighted by atomic mass is 16.5. The van der Waals surface area contributed by atoms with Crippen molar-refractivity contribution in [3.63, 3.8) is 0 Å². The van der Waals surface area contributed by atoms with E-state index in [2.05, 4.69) is 24.4 Å². The fourth-order valence-corrected chi connectivity index (χ4v) is 4.02. The van der Waals surface area contributed by atoms with Crippen LogP contribution < -0.4 is 5.32 Å². The van der Waals surface area contributed by atoms with Gasteiger partial charge in [-0.1, -0.05) is 19.9 Å². The van der Waals surface area contributed by atoms with Crippen molar-refractivity contribution < 1.29 is 14.6 Å². The summed E-state index contributed by atoms with van der Waals surface area (Å²) in [5, 5.41) is 12.9. The molecule has 1 aliphatic rings. The van der Waals surface area contributed by atoms with Gasteiger partial charge >= 0.3 is 0 Å². The average Bonchev–Trinajstić information content (AvgIpc) is 3.20. The molecule has 1 aliphatic carbocycles. The number of aliphatic hydroxyl groups excluding tert-OH is 1. The van der Waals surface area contributed by atoms with Gasteiger partial charge in [-0.3, -0.25) is 0 Å². The molecule has 1 heterocycles. The maximum Gasteiger partial charge on any atom is 0.148 e. The van der Waals surface area contributed by atoms with E-state index in [1.807, 2.05) is 6.92 Å². The number of anilines is 1. The van der Waals surface area contributed by atoms with Crippen LogP contribution in [0, 0.1) is 0 Å². The number of fused-ring (bicyclic) bond motifs is 1. The average molecular weight is 398 g/mol. The fourth-order valence-electron chi connectivity index (χ4n) is 4.02. The van der Waals surface area contributed by atoms with E-state index in [-0.39, 0.29) is 12.6 Å². The van der Waals surface area contributed by atoms with Gasteiger partial charge < -0.3 is 20.0 Å². The van der Waals surface area contributed by atoms with E-state index in [0.717, 1.165) is 60.2 Å². The maximum atomic E-state index is 11.3. The Labute approximate surface area is 172 Å². The number of methoxy groups -OCH3 is 1. The molecule has 0 spiro atoms. The molecule has 0 radical (unpaired) electrons. The van der Waals surface area contributed by atoms with Crippen molar-refractivity contribution in [2.45, 2.75) is 58.4 Å². The number of rotatable bonds is 10. The number of carbonyl (C=O) groups excluding carboxylic acids is 1. The Balaban J connectivity index is 2.09. The van der Waals surface area contributed by atoms with Gasteiger partial charge in [0, 0.05) is 19.1 Å². The molecule has 6 heteroatoms. The van der Waals surface area contributed by atoms with Crippen LogP contribution in [0.3, 0.4) is 0 Å². The van der Waals surface area contributed by atoms with Crippen LogP contribution >= 0.6 is 0 Å². The van der Waals surface area contributed by atoms with Gasteiger partial charge in [-0.15, -0.1) is 0 Å². The van der Waals surface area contributed by atoms with E-state index < -0.39 is 0 Å². The zero-order valence-electron chi connectivity index (χ0n) is 17.6. The van der Waals surface area contributed by atoms with Crippen molar-refractivity contribution in [2.75, 3.05) is 25.6 Å². The predicted octanol–water partition coefficient (Wildman–Crippen LogP) is 2.92. The maximum absolute atomic E-state index is 11.3. The number of aliphatic hydroxyl groups is 1. The number of nitrogens with zero attached hydrogens (tertiary/aromatic N) is 2. The van der Waals surface area contributed by atoms with Gasteiger partial charge in [-0.05, 0) is 54.9 Å². The van der Waals surface area contributed by atoms with Crippen molar-refractivity contribution in [3.8, 4) is 11.3 Å². The number of ether oxygens (including phenoxy) is 1. The van der Waals surface area contributed by atoms with Crippen LogP contribution in [-0.4, -0.2) is 47.7 Å². The number of aromatic nitrogens is 2. The normalized spacial score (nSPS) is 13.9. The molecule has 6 nitrogen and oxygen atoms in total. The van der Waals surface area contributed by atoms with Crippen LogP contribution in [0.15, 0.2) is 12.1 Å². The minimum absolute atomic E-state index is 0.0454. The molecule has 2 N–H and O–H groups in total. The summed E-state index contributed by atoms with van der Waals surface area (Å²) in [4.78, 5) is 21.2. The zero-order valence-corrected chi connectivity index (χ0v) is 17.6. The third-order valence-corrected chi connectivity index (χ3v) is 5.52. The van der Waals surface area contributed by atoms with Gasteiger partial charge in [0.25, 0.3) is 0 Å². The Hall–Kier alpha value is -2.31. The number of nitrogens with one attached hydrogen (secondary N) is 1. The minimum Gasteiger partial charge on any atom is -0.394 e. The highest BCUT2D eigenvalue weighted by molar-refractivity contribution is 5.73. The lowest BCUT2D eigenvalue weighted by Gasteiger charge is -2.20. The molecule has 0 amide bonds. The molecule has 0 fully saturated rings. The molecular formula is C23H31N3O3. The lowest BCUT2D eigenvalue weighted by atomic mass is 9.94. The molecule has 0 saturated heterocycles. The Morgan fingerprint density at radius 3 is 2.52 bits per heavy atom. The zero-order chi connectivity index (χ0) is 20.8. The van der Waals surface area contributed by atoms with Crippen LogP contribution in [0.1, 0.15) is 48.3 Å². The predicted molar refractivity (Wildman–Crippen MR) is 114 cm³/mol. The van der Waals surface area contributed by atoms with E-state index in [0.29, 0.717) is 25.3 Å². The lowest BCUT2D eigenvalue weighted by Crippen LogP contribution is -2.30. The highest BCUT2D eigenvalue weighted by Crippen LogP contribution is 2.33. The van der Waals surface area contributed by atoms with Gasteiger partial charge in [0.1, 0.15) is 12.1 Å². The van der Waals surface area contributed by atoms with Crippen molar-refractivity contribution >= 4 is 12.1 Å². The topological polar surface area (TPSA) is 84.3 Å². The van der Waals surface area contributed by atoms with Gasteiger partial charge in [0.05, 0.1) is 36.3 Å². The molecule has 0 saturated carbocycles. The molecule has 0 bridgehead atoms. The van der Waals surface area contributed by atoms with Crippen molar-refractivity contribution in [1.82, 2.24) is 9.97 Å². The molecule has 29 heavy (non-hydrogen) atoms. The smallest absolute Gasteiger partial charge is 0.148 e. The molecular weight excluding hydrogens is 366 g/mol. The van der Waals surface area contributed by atoms with E-state index in [9.17, 15) is 9.90 Å². The van der Waals surface area contributed by atoms with E-state index in [1.165, 1.54) is 11.1 Å². The largest absolute Gasteiger partial charge is 0.394 e. The Bertz CT molecular complexity index is 867. The van der Waals surface area contributed by atoms with Gasteiger partial charge in [-0.25, -0.2) is 9.97 Å². The molecule has 1 aromatic heterocycles. The molecule has 3 rings (SSSR count). The van der Waals surface area contributed by atoms with Gasteiger partial charge in [-0.2, -0.15) is 0 Å². The summed E-state index contributed by atoms with van der Waals surface area (Å²) in [6.45, 7) is 4.45. The van der Waals surface area contributed by atoms with Crippen LogP contribution in [-0.2, 0) is 41.6 Å². The number of hydrogen-bond donors (Lipinski definition) is 2. The third-order valence-electron chi connectivity index (χ3n) is 5.52. The van der Waals surface area contributed by atoms with Crippen molar-refractivity contribution in [2.24, 2.45) is 0 Å². The lowest BCUT2D eigenvalue weighted by molar-refractivity contribution is -0.107. The first-order chi connectivity index (χ1) is 14.1. The third kappa shape index (κ3) is 4.65. The summed E-state index contributed by atoms with van der Waals surface area (Å²) >= 11 is 0. The van der Waals surface area contributed by atoms with Crippen molar-refractivity contribution in [1.29, 1.82) is 0 Å². The second-order valence-electron chi connectivity index (χ2n) is 7.50. The number of aldehydes is 1. The molecule has 156 valence electrons. The molecule has 0 aliphatic heterocycles. The SMILES string of the molecule is CCc1nc(-c2cc3c(cc2CC=O)CCC3)c(CC)nc1NC(CO)COC. The number of benzene rings is 1. The van der Waals surface area contributed by atoms with Crippen LogP contribution in [0.4, 0.5) is 5.82 Å². The minimum atomic E-state index is -0.235. The fraction of sp³-hybridized carbons (Fsp3) is 0.522. The quantitative estimate of drug-likeness (QED) is 0.600. The number of carbonyl (C=O) groups is 1. The first-order valence-electron chi connectivity index (χ1n) is 10.5. The molecule has 1 atom stereocenters. The summed E-state index contributed by atoms with van der Waals surface area (Å²) in [6, 6.07) is 4.17. The number of aryl methyl sites for hydroxylation is 4. The summed E-state index contributed by atoms with van der Waals surface area (Å²) in [5.74, 6) is 0.697. The van der Waals surface area contributed by atoms with E-state index in [4.69, 9.17) is 14.7 Å². The first kappa shape index (κ1) is 21.4. The van der Waals surface area contributed by atoms with E-state index in [1.54, 1.807) is 7.11 Å². The second kappa shape index (κ2) is 9.94. The Morgan fingerprint density at radius 2 is 1.90 bits per heavy atom. The van der Waals surface area contributed by atoms with Gasteiger partial charge in [0.2, 0.25) is 0 Å². The first-order valence-corrected chi connectivity index (χ1v) is 10.5. The number of hydrogen-bond acceptors (Lipinski definition) is 6. The van der Waals surface area contributed by atoms with Crippen LogP contribution in [0.5, 0.6) is 0 Å². The van der Waals surface area contributed by atoms with Crippen LogP contribution in [0.2, 0.25) is 0 Å². The molecule has 1 aromatic carbocycles. The standard InChI is InChI=1S/C23H31N3O3/c1-4-20-22(19-12-16-8-6-7-15(16)11-17(19)9-10-27)25-21(5-2)23(26-20)24-18(13-28)14-29-3/h10-12,18,28H,4-9,13-14H2,1-3H3,(H,24,26). The Kier molecular flexibility index (Phi) is 7.34. The van der Waals surface area contributed by atoms with Crippen LogP contribution in [0.25, 0.3) is 11.3 Å². The summed E-state index contributed by atoms with van der Waals surface area (Å²) in [5.41, 5.74) is 7.39. The van der Waals surface area contributed by atoms with Crippen molar-refractivity contribution in [3.05, 3.63) is 40.2 Å².